The predicted molar refractivity (Wildman–Crippen MR) is 165 cm³/mol. The number of amides is 3. The van der Waals surface area contributed by atoms with Gasteiger partial charge in [-0.25, -0.2) is 8.42 Å². The standard InChI is InChI=1S/C30H41N3O11S/c1-4-44-26-18-21(8-9-25(26)39-2)24(20-45(3,37)38)33-29(35)22-6-5-7-23(28(22)30(33)36)32-27(34)19-43-17-16-42-15-14-41-13-12-40-11-10-31/h5-9,18,24H,4,10-17,19-20,31H2,1-3H3,(H,32,34). The number of methoxy groups -OCH3 is 1. The summed E-state index contributed by atoms with van der Waals surface area (Å²) in [6, 6.07) is 8.01. The second-order valence-corrected chi connectivity index (χ2v) is 12.1. The summed E-state index contributed by atoms with van der Waals surface area (Å²) in [6.45, 7) is 4.70. The summed E-state index contributed by atoms with van der Waals surface area (Å²) < 4.78 is 57.2. The number of nitrogens with two attached hydrogens (primary N) is 1. The minimum Gasteiger partial charge on any atom is -0.493 e. The van der Waals surface area contributed by atoms with Gasteiger partial charge in [-0.3, -0.25) is 19.3 Å². The molecule has 1 unspecified atom stereocenters. The van der Waals surface area contributed by atoms with E-state index in [9.17, 15) is 22.8 Å². The molecule has 0 aromatic heterocycles. The van der Waals surface area contributed by atoms with Gasteiger partial charge < -0.3 is 39.5 Å². The van der Waals surface area contributed by atoms with Crippen molar-refractivity contribution >= 4 is 33.2 Å². The van der Waals surface area contributed by atoms with Crippen LogP contribution in [-0.4, -0.2) is 116 Å². The summed E-state index contributed by atoms with van der Waals surface area (Å²) in [4.78, 5) is 40.9. The molecule has 2 aromatic rings. The zero-order chi connectivity index (χ0) is 32.8. The molecular weight excluding hydrogens is 610 g/mol. The Morgan fingerprint density at radius 3 is 2.16 bits per heavy atom. The van der Waals surface area contributed by atoms with E-state index in [2.05, 4.69) is 5.32 Å². The van der Waals surface area contributed by atoms with Gasteiger partial charge in [-0.05, 0) is 36.8 Å². The Bertz CT molecular complexity index is 1420. The van der Waals surface area contributed by atoms with Crippen LogP contribution in [0.15, 0.2) is 36.4 Å². The highest BCUT2D eigenvalue weighted by Crippen LogP contribution is 2.38. The first-order chi connectivity index (χ1) is 21.6. The van der Waals surface area contributed by atoms with Gasteiger partial charge in [0.05, 0.1) is 88.6 Å². The molecule has 1 aliphatic rings. The molecule has 248 valence electrons. The average Bonchev–Trinajstić information content (AvgIpc) is 3.26. The van der Waals surface area contributed by atoms with Crippen molar-refractivity contribution in [2.24, 2.45) is 5.73 Å². The Morgan fingerprint density at radius 1 is 0.911 bits per heavy atom. The van der Waals surface area contributed by atoms with Crippen molar-refractivity contribution in [3.63, 3.8) is 0 Å². The van der Waals surface area contributed by atoms with Crippen molar-refractivity contribution in [2.45, 2.75) is 13.0 Å². The molecule has 1 aliphatic heterocycles. The minimum absolute atomic E-state index is 0.0374. The lowest BCUT2D eigenvalue weighted by atomic mass is 10.1. The summed E-state index contributed by atoms with van der Waals surface area (Å²) >= 11 is 0. The first kappa shape index (κ1) is 35.9. The molecule has 0 fully saturated rings. The van der Waals surface area contributed by atoms with E-state index in [1.54, 1.807) is 25.1 Å². The van der Waals surface area contributed by atoms with Crippen LogP contribution in [0.5, 0.6) is 11.5 Å². The number of ether oxygens (including phenoxy) is 6. The van der Waals surface area contributed by atoms with Gasteiger partial charge in [-0.1, -0.05) is 12.1 Å². The highest BCUT2D eigenvalue weighted by molar-refractivity contribution is 7.90. The van der Waals surface area contributed by atoms with Crippen molar-refractivity contribution in [2.75, 3.05) is 90.4 Å². The molecule has 15 heteroatoms. The number of fused-ring (bicyclic) bond motifs is 1. The first-order valence-electron chi connectivity index (χ1n) is 14.4. The molecule has 0 bridgehead atoms. The van der Waals surface area contributed by atoms with Crippen molar-refractivity contribution in [3.8, 4) is 11.5 Å². The molecule has 45 heavy (non-hydrogen) atoms. The van der Waals surface area contributed by atoms with Crippen LogP contribution in [-0.2, 0) is 33.6 Å². The predicted octanol–water partition coefficient (Wildman–Crippen LogP) is 1.44. The van der Waals surface area contributed by atoms with Crippen LogP contribution < -0.4 is 20.5 Å². The summed E-state index contributed by atoms with van der Waals surface area (Å²) in [7, 11) is -2.21. The van der Waals surface area contributed by atoms with Crippen LogP contribution >= 0.6 is 0 Å². The van der Waals surface area contributed by atoms with Gasteiger partial charge in [0.2, 0.25) is 5.91 Å². The lowest BCUT2D eigenvalue weighted by Gasteiger charge is -2.27. The van der Waals surface area contributed by atoms with Crippen molar-refractivity contribution < 1.29 is 51.2 Å². The molecule has 0 saturated carbocycles. The molecule has 3 N–H and O–H groups in total. The fourth-order valence-electron chi connectivity index (χ4n) is 4.56. The zero-order valence-electron chi connectivity index (χ0n) is 25.7. The van der Waals surface area contributed by atoms with E-state index >= 15 is 0 Å². The Kier molecular flexibility index (Phi) is 14.2. The lowest BCUT2D eigenvalue weighted by molar-refractivity contribution is -0.121. The number of carbonyl (C=O) groups is 3. The van der Waals surface area contributed by atoms with Gasteiger partial charge in [0.1, 0.15) is 16.4 Å². The van der Waals surface area contributed by atoms with Crippen molar-refractivity contribution in [1.29, 1.82) is 0 Å². The monoisotopic (exact) mass is 651 g/mol. The molecule has 0 spiro atoms. The number of anilines is 1. The molecule has 0 aliphatic carbocycles. The Hall–Kier alpha value is -3.60. The zero-order valence-corrected chi connectivity index (χ0v) is 26.6. The average molecular weight is 652 g/mol. The Labute approximate surface area is 262 Å². The van der Waals surface area contributed by atoms with Gasteiger partial charge >= 0.3 is 0 Å². The Balaban J connectivity index is 1.63. The fraction of sp³-hybridized carbons (Fsp3) is 0.500. The third kappa shape index (κ3) is 10.5. The summed E-state index contributed by atoms with van der Waals surface area (Å²) in [6.07, 6.45) is 1.02. The molecule has 14 nitrogen and oxygen atoms in total. The Morgan fingerprint density at radius 2 is 1.56 bits per heavy atom. The first-order valence-corrected chi connectivity index (χ1v) is 16.5. The molecule has 1 heterocycles. The number of nitrogens with zero attached hydrogens (tertiary/aromatic N) is 1. The maximum absolute atomic E-state index is 13.7. The third-order valence-electron chi connectivity index (χ3n) is 6.48. The van der Waals surface area contributed by atoms with Crippen LogP contribution in [0.3, 0.4) is 0 Å². The summed E-state index contributed by atoms with van der Waals surface area (Å²) in [5.74, 6) is -1.75. The largest absolute Gasteiger partial charge is 0.493 e. The van der Waals surface area contributed by atoms with Crippen molar-refractivity contribution in [1.82, 2.24) is 4.90 Å². The van der Waals surface area contributed by atoms with E-state index in [1.165, 1.54) is 25.3 Å². The maximum Gasteiger partial charge on any atom is 0.264 e. The van der Waals surface area contributed by atoms with E-state index < -0.39 is 39.4 Å². The number of sulfone groups is 1. The van der Waals surface area contributed by atoms with Gasteiger partial charge in [0.25, 0.3) is 11.8 Å². The van der Waals surface area contributed by atoms with Crippen LogP contribution in [0.25, 0.3) is 0 Å². The highest BCUT2D eigenvalue weighted by atomic mass is 32.2. The van der Waals surface area contributed by atoms with Gasteiger partial charge in [-0.2, -0.15) is 0 Å². The molecule has 2 aromatic carbocycles. The quantitative estimate of drug-likeness (QED) is 0.147. The molecule has 0 radical (unpaired) electrons. The van der Waals surface area contributed by atoms with Crippen LogP contribution in [0.2, 0.25) is 0 Å². The number of benzene rings is 2. The SMILES string of the molecule is CCOc1cc(C(CS(C)(=O)=O)N2C(=O)c3cccc(NC(=O)COCCOCCOCCOCCN)c3C2=O)ccc1OC. The third-order valence-corrected chi connectivity index (χ3v) is 7.40. The summed E-state index contributed by atoms with van der Waals surface area (Å²) in [5.41, 5.74) is 5.80. The van der Waals surface area contributed by atoms with E-state index in [-0.39, 0.29) is 36.6 Å². The number of carbonyl (C=O) groups excluding carboxylic acids is 3. The number of rotatable bonds is 21. The molecular formula is C30H41N3O11S. The van der Waals surface area contributed by atoms with Gasteiger partial charge in [-0.15, -0.1) is 0 Å². The molecule has 3 amide bonds. The van der Waals surface area contributed by atoms with Gasteiger partial charge in [0.15, 0.2) is 11.5 Å². The fourth-order valence-corrected chi connectivity index (χ4v) is 5.48. The number of hydrogen-bond acceptors (Lipinski definition) is 12. The lowest BCUT2D eigenvalue weighted by Crippen LogP contribution is -2.37. The number of nitrogens with one attached hydrogen (secondary N) is 1. The molecule has 0 saturated heterocycles. The topological polar surface area (TPSA) is 182 Å². The van der Waals surface area contributed by atoms with E-state index in [0.29, 0.717) is 63.2 Å². The second-order valence-electron chi connectivity index (χ2n) is 9.89. The number of hydrogen-bond donors (Lipinski definition) is 2. The van der Waals surface area contributed by atoms with E-state index in [4.69, 9.17) is 34.2 Å². The van der Waals surface area contributed by atoms with E-state index in [0.717, 1.165) is 11.2 Å². The molecule has 3 rings (SSSR count). The smallest absolute Gasteiger partial charge is 0.264 e. The van der Waals surface area contributed by atoms with Crippen molar-refractivity contribution in [3.05, 3.63) is 53.1 Å². The molecule has 1 atom stereocenters. The second kappa shape index (κ2) is 17.8. The normalized spacial score (nSPS) is 13.6. The summed E-state index contributed by atoms with van der Waals surface area (Å²) in [5, 5.41) is 2.62. The van der Waals surface area contributed by atoms with Crippen LogP contribution in [0.4, 0.5) is 5.69 Å². The van der Waals surface area contributed by atoms with Crippen LogP contribution in [0, 0.1) is 0 Å². The maximum atomic E-state index is 13.7. The highest BCUT2D eigenvalue weighted by Gasteiger charge is 2.43. The number of imide groups is 1. The minimum atomic E-state index is -3.67. The van der Waals surface area contributed by atoms with Crippen LogP contribution in [0.1, 0.15) is 39.2 Å². The van der Waals surface area contributed by atoms with E-state index in [1.807, 2.05) is 0 Å². The van der Waals surface area contributed by atoms with Gasteiger partial charge in [0, 0.05) is 12.8 Å².